The maximum atomic E-state index is 13.7. The molecule has 35 heavy (non-hydrogen) atoms. The lowest BCUT2D eigenvalue weighted by molar-refractivity contribution is -0.140. The zero-order chi connectivity index (χ0) is 26.3. The van der Waals surface area contributed by atoms with Gasteiger partial charge < -0.3 is 10.2 Å². The second kappa shape index (κ2) is 12.4. The van der Waals surface area contributed by atoms with Crippen molar-refractivity contribution < 1.29 is 18.0 Å². The average Bonchev–Trinajstić information content (AvgIpc) is 2.79. The van der Waals surface area contributed by atoms with Crippen LogP contribution in [0.3, 0.4) is 0 Å². The summed E-state index contributed by atoms with van der Waals surface area (Å²) < 4.78 is 26.5. The Hall–Kier alpha value is -2.58. The fraction of sp³-hybridized carbons (Fsp3) is 0.462. The molecule has 0 spiro atoms. The largest absolute Gasteiger partial charge is 0.352 e. The number of benzene rings is 2. The molecule has 0 unspecified atom stereocenters. The van der Waals surface area contributed by atoms with Crippen molar-refractivity contribution in [1.82, 2.24) is 10.2 Å². The van der Waals surface area contributed by atoms with E-state index in [0.29, 0.717) is 22.7 Å². The summed E-state index contributed by atoms with van der Waals surface area (Å²) in [6.45, 7) is 9.13. The molecule has 7 nitrogen and oxygen atoms in total. The van der Waals surface area contributed by atoms with Gasteiger partial charge in [-0.3, -0.25) is 13.9 Å². The number of hydrogen-bond donors (Lipinski definition) is 1. The number of nitrogens with one attached hydrogen (secondary N) is 1. The van der Waals surface area contributed by atoms with E-state index in [1.54, 1.807) is 25.1 Å². The highest BCUT2D eigenvalue weighted by Gasteiger charge is 2.32. The molecular weight excluding hydrogens is 486 g/mol. The van der Waals surface area contributed by atoms with E-state index >= 15 is 0 Å². The lowest BCUT2D eigenvalue weighted by Gasteiger charge is -2.33. The monoisotopic (exact) mass is 521 g/mol. The van der Waals surface area contributed by atoms with Crippen LogP contribution in [-0.2, 0) is 26.2 Å². The standard InChI is InChI=1S/C26H36ClN3O4S/c1-7-19(4)28-26(32)23(8-2)29(16-21-14-12-18(3)13-15-21)25(31)17-30(35(6,33)34)24-11-9-10-22(27)20(24)5/h9-15,19,23H,7-8,16-17H2,1-6H3,(H,28,32)/t19-,23+/m0/s1. The predicted molar refractivity (Wildman–Crippen MR) is 142 cm³/mol. The quantitative estimate of drug-likeness (QED) is 0.473. The van der Waals surface area contributed by atoms with Gasteiger partial charge in [-0.25, -0.2) is 8.42 Å². The first-order chi connectivity index (χ1) is 16.4. The summed E-state index contributed by atoms with van der Waals surface area (Å²) in [5.41, 5.74) is 2.82. The van der Waals surface area contributed by atoms with Crippen molar-refractivity contribution in [2.75, 3.05) is 17.1 Å². The van der Waals surface area contributed by atoms with Crippen molar-refractivity contribution in [3.63, 3.8) is 0 Å². The average molecular weight is 522 g/mol. The molecule has 0 aromatic heterocycles. The highest BCUT2D eigenvalue weighted by molar-refractivity contribution is 7.92. The molecule has 1 N–H and O–H groups in total. The summed E-state index contributed by atoms with van der Waals surface area (Å²) in [5.74, 6) is -0.728. The number of aryl methyl sites for hydroxylation is 1. The molecule has 0 saturated carbocycles. The van der Waals surface area contributed by atoms with Gasteiger partial charge in [0.25, 0.3) is 0 Å². The summed E-state index contributed by atoms with van der Waals surface area (Å²) in [5, 5.41) is 3.36. The highest BCUT2D eigenvalue weighted by atomic mass is 35.5. The summed E-state index contributed by atoms with van der Waals surface area (Å²) in [6.07, 6.45) is 2.19. The minimum absolute atomic E-state index is 0.0468. The summed E-state index contributed by atoms with van der Waals surface area (Å²) >= 11 is 6.23. The Morgan fingerprint density at radius 3 is 2.20 bits per heavy atom. The Labute approximate surface area is 214 Å². The van der Waals surface area contributed by atoms with Crippen LogP contribution in [-0.4, -0.2) is 50.0 Å². The lowest BCUT2D eigenvalue weighted by atomic mass is 10.1. The zero-order valence-corrected chi connectivity index (χ0v) is 22.9. The molecule has 192 valence electrons. The number of anilines is 1. The first-order valence-electron chi connectivity index (χ1n) is 11.8. The molecule has 0 aliphatic heterocycles. The van der Waals surface area contributed by atoms with Gasteiger partial charge in [0.1, 0.15) is 12.6 Å². The van der Waals surface area contributed by atoms with Crippen molar-refractivity contribution in [3.8, 4) is 0 Å². The third-order valence-corrected chi connectivity index (χ3v) is 7.58. The molecule has 0 bridgehead atoms. The SMILES string of the molecule is CC[C@H](C(=O)N[C@@H](C)CC)N(Cc1ccc(C)cc1)C(=O)CN(c1cccc(Cl)c1C)S(C)(=O)=O. The third-order valence-electron chi connectivity index (χ3n) is 6.05. The van der Waals surface area contributed by atoms with Crippen molar-refractivity contribution in [2.24, 2.45) is 0 Å². The van der Waals surface area contributed by atoms with Crippen molar-refractivity contribution in [3.05, 3.63) is 64.2 Å². The van der Waals surface area contributed by atoms with Crippen LogP contribution >= 0.6 is 11.6 Å². The molecule has 2 amide bonds. The van der Waals surface area contributed by atoms with Crippen LogP contribution in [0.15, 0.2) is 42.5 Å². The smallest absolute Gasteiger partial charge is 0.244 e. The number of hydrogen-bond acceptors (Lipinski definition) is 4. The van der Waals surface area contributed by atoms with E-state index in [2.05, 4.69) is 5.32 Å². The van der Waals surface area contributed by atoms with Crippen molar-refractivity contribution in [2.45, 2.75) is 66.1 Å². The molecule has 2 atom stereocenters. The Kier molecular flexibility index (Phi) is 10.2. The summed E-state index contributed by atoms with van der Waals surface area (Å²) in [6, 6.07) is 11.8. The predicted octanol–water partition coefficient (Wildman–Crippen LogP) is 4.44. The minimum atomic E-state index is -3.81. The van der Waals surface area contributed by atoms with Gasteiger partial charge in [0.15, 0.2) is 0 Å². The van der Waals surface area contributed by atoms with E-state index in [9.17, 15) is 18.0 Å². The fourth-order valence-electron chi connectivity index (χ4n) is 3.71. The molecule has 9 heteroatoms. The number of rotatable bonds is 11. The summed E-state index contributed by atoms with van der Waals surface area (Å²) in [4.78, 5) is 28.3. The van der Waals surface area contributed by atoms with Crippen LogP contribution in [0.5, 0.6) is 0 Å². The maximum absolute atomic E-state index is 13.7. The number of nitrogens with zero attached hydrogens (tertiary/aromatic N) is 2. The van der Waals surface area contributed by atoms with Gasteiger partial charge in [-0.2, -0.15) is 0 Å². The van der Waals surface area contributed by atoms with E-state index in [-0.39, 0.29) is 18.5 Å². The Balaban J connectivity index is 2.47. The van der Waals surface area contributed by atoms with Crippen molar-refractivity contribution >= 4 is 39.1 Å². The fourth-order valence-corrected chi connectivity index (χ4v) is 4.78. The minimum Gasteiger partial charge on any atom is -0.352 e. The second-order valence-corrected chi connectivity index (χ2v) is 11.2. The van der Waals surface area contributed by atoms with Crippen LogP contribution in [0.25, 0.3) is 0 Å². The second-order valence-electron chi connectivity index (χ2n) is 8.90. The summed E-state index contributed by atoms with van der Waals surface area (Å²) in [7, 11) is -3.81. The van der Waals surface area contributed by atoms with Gasteiger partial charge in [-0.15, -0.1) is 0 Å². The highest BCUT2D eigenvalue weighted by Crippen LogP contribution is 2.28. The molecule has 0 radical (unpaired) electrons. The molecule has 2 rings (SSSR count). The van der Waals surface area contributed by atoms with E-state index in [4.69, 9.17) is 11.6 Å². The van der Waals surface area contributed by atoms with Crippen LogP contribution < -0.4 is 9.62 Å². The first-order valence-corrected chi connectivity index (χ1v) is 14.0. The first kappa shape index (κ1) is 28.7. The number of sulfonamides is 1. The molecule has 2 aromatic carbocycles. The third kappa shape index (κ3) is 7.70. The normalized spacial score (nSPS) is 13.1. The van der Waals surface area contributed by atoms with Crippen molar-refractivity contribution in [1.29, 1.82) is 0 Å². The topological polar surface area (TPSA) is 86.8 Å². The van der Waals surface area contributed by atoms with Gasteiger partial charge in [-0.1, -0.05) is 61.3 Å². The number of carbonyl (C=O) groups excluding carboxylic acids is 2. The van der Waals surface area contributed by atoms with E-state index in [1.807, 2.05) is 52.0 Å². The molecule has 2 aromatic rings. The Bertz CT molecular complexity index is 1140. The maximum Gasteiger partial charge on any atom is 0.244 e. The molecule has 0 heterocycles. The number of halogens is 1. The van der Waals surface area contributed by atoms with Crippen LogP contribution in [0.4, 0.5) is 5.69 Å². The molecule has 0 fully saturated rings. The zero-order valence-electron chi connectivity index (χ0n) is 21.3. The molecule has 0 saturated heterocycles. The lowest BCUT2D eigenvalue weighted by Crippen LogP contribution is -2.53. The van der Waals surface area contributed by atoms with E-state index < -0.39 is 28.5 Å². The Morgan fingerprint density at radius 1 is 1.03 bits per heavy atom. The number of carbonyl (C=O) groups is 2. The van der Waals surface area contributed by atoms with Gasteiger partial charge in [0, 0.05) is 17.6 Å². The van der Waals surface area contributed by atoms with Crippen LogP contribution in [0.2, 0.25) is 5.02 Å². The Morgan fingerprint density at radius 2 is 1.66 bits per heavy atom. The van der Waals surface area contributed by atoms with Gasteiger partial charge in [0.2, 0.25) is 21.8 Å². The van der Waals surface area contributed by atoms with E-state index in [1.165, 1.54) is 4.90 Å². The molecule has 0 aliphatic carbocycles. The van der Waals surface area contributed by atoms with Crippen LogP contribution in [0.1, 0.15) is 50.3 Å². The van der Waals surface area contributed by atoms with Gasteiger partial charge in [-0.05, 0) is 56.9 Å². The molecule has 0 aliphatic rings. The van der Waals surface area contributed by atoms with Crippen LogP contribution in [0, 0.1) is 13.8 Å². The number of amides is 2. The van der Waals surface area contributed by atoms with E-state index in [0.717, 1.165) is 28.1 Å². The molecular formula is C26H36ClN3O4S. The van der Waals surface area contributed by atoms with Gasteiger partial charge >= 0.3 is 0 Å². The van der Waals surface area contributed by atoms with Gasteiger partial charge in [0.05, 0.1) is 11.9 Å².